The molecule has 0 fully saturated rings. The minimum atomic E-state index is -4.10. The van der Waals surface area contributed by atoms with Crippen LogP contribution in [0.3, 0.4) is 0 Å². The number of hydrogen-bond acceptors (Lipinski definition) is 4. The second-order valence-electron chi connectivity index (χ2n) is 4.01. The van der Waals surface area contributed by atoms with E-state index in [1.54, 1.807) is 48.5 Å². The maximum Gasteiger partial charge on any atom is 0.429 e. The standard InChI is InChI=1S/C14H13NO4S/c1-15(12-8-4-2-5-9-12)14(16)19-20(17,18)13-10-6-3-7-11-13/h2-11H,1H3. The molecule has 0 aliphatic rings. The molecule has 0 unspecified atom stereocenters. The summed E-state index contributed by atoms with van der Waals surface area (Å²) in [5, 5.41) is 0. The van der Waals surface area contributed by atoms with E-state index in [1.165, 1.54) is 19.2 Å². The first-order valence-electron chi connectivity index (χ1n) is 5.83. The fourth-order valence-corrected chi connectivity index (χ4v) is 2.43. The molecule has 0 N–H and O–H groups in total. The Morgan fingerprint density at radius 1 is 0.950 bits per heavy atom. The van der Waals surface area contributed by atoms with E-state index < -0.39 is 16.2 Å². The summed E-state index contributed by atoms with van der Waals surface area (Å²) in [5.41, 5.74) is 0.542. The third-order valence-electron chi connectivity index (χ3n) is 2.63. The van der Waals surface area contributed by atoms with Crippen LogP contribution >= 0.6 is 0 Å². The lowest BCUT2D eigenvalue weighted by Crippen LogP contribution is -2.29. The Bertz CT molecular complexity index is 684. The Hall–Kier alpha value is -2.34. The first-order valence-corrected chi connectivity index (χ1v) is 7.24. The fourth-order valence-electron chi connectivity index (χ4n) is 1.54. The van der Waals surface area contributed by atoms with Gasteiger partial charge in [-0.25, -0.2) is 4.79 Å². The number of benzene rings is 2. The van der Waals surface area contributed by atoms with Crippen molar-refractivity contribution in [3.8, 4) is 0 Å². The molecular formula is C14H13NO4S. The van der Waals surface area contributed by atoms with E-state index in [2.05, 4.69) is 4.18 Å². The van der Waals surface area contributed by atoms with E-state index in [-0.39, 0.29) is 4.90 Å². The zero-order valence-electron chi connectivity index (χ0n) is 10.8. The molecule has 2 rings (SSSR count). The van der Waals surface area contributed by atoms with Crippen LogP contribution in [0.4, 0.5) is 10.5 Å². The summed E-state index contributed by atoms with van der Waals surface area (Å²) in [6, 6.07) is 16.2. The van der Waals surface area contributed by atoms with Crippen molar-refractivity contribution in [1.29, 1.82) is 0 Å². The van der Waals surface area contributed by atoms with Gasteiger partial charge >= 0.3 is 16.2 Å². The van der Waals surface area contributed by atoms with E-state index in [9.17, 15) is 13.2 Å². The Morgan fingerprint density at radius 2 is 1.45 bits per heavy atom. The quantitative estimate of drug-likeness (QED) is 0.816. The number of amides is 1. The van der Waals surface area contributed by atoms with Crippen molar-refractivity contribution < 1.29 is 17.4 Å². The first-order chi connectivity index (χ1) is 9.50. The highest BCUT2D eigenvalue weighted by molar-refractivity contribution is 7.87. The SMILES string of the molecule is CN(C(=O)OS(=O)(=O)c1ccccc1)c1ccccc1. The fraction of sp³-hybridized carbons (Fsp3) is 0.0714. The van der Waals surface area contributed by atoms with E-state index in [4.69, 9.17) is 0 Å². The van der Waals surface area contributed by atoms with Crippen molar-refractivity contribution in [3.05, 3.63) is 60.7 Å². The van der Waals surface area contributed by atoms with Crippen LogP contribution in [0, 0.1) is 0 Å². The van der Waals surface area contributed by atoms with Crippen molar-refractivity contribution >= 4 is 21.9 Å². The molecule has 0 saturated carbocycles. The molecule has 0 atom stereocenters. The van der Waals surface area contributed by atoms with Gasteiger partial charge in [-0.1, -0.05) is 36.4 Å². The van der Waals surface area contributed by atoms with Crippen LogP contribution < -0.4 is 4.90 Å². The predicted octanol–water partition coefficient (Wildman–Crippen LogP) is 2.65. The van der Waals surface area contributed by atoms with Crippen LogP contribution in [-0.2, 0) is 14.3 Å². The molecule has 0 saturated heterocycles. The van der Waals surface area contributed by atoms with Crippen molar-refractivity contribution in [1.82, 2.24) is 0 Å². The summed E-state index contributed by atoms with van der Waals surface area (Å²) in [5.74, 6) is 0. The van der Waals surface area contributed by atoms with Crippen LogP contribution in [0.25, 0.3) is 0 Å². The summed E-state index contributed by atoms with van der Waals surface area (Å²) in [4.78, 5) is 12.9. The molecule has 104 valence electrons. The molecule has 6 heteroatoms. The molecule has 5 nitrogen and oxygen atoms in total. The monoisotopic (exact) mass is 291 g/mol. The largest absolute Gasteiger partial charge is 0.429 e. The van der Waals surface area contributed by atoms with Gasteiger partial charge in [0.2, 0.25) is 0 Å². The van der Waals surface area contributed by atoms with Crippen molar-refractivity contribution in [2.75, 3.05) is 11.9 Å². The summed E-state index contributed by atoms with van der Waals surface area (Å²) in [6.45, 7) is 0. The molecular weight excluding hydrogens is 278 g/mol. The molecule has 0 bridgehead atoms. The predicted molar refractivity (Wildman–Crippen MR) is 75.0 cm³/mol. The molecule has 0 aromatic heterocycles. The van der Waals surface area contributed by atoms with Gasteiger partial charge in [-0.15, -0.1) is 0 Å². The topological polar surface area (TPSA) is 63.7 Å². The summed E-state index contributed by atoms with van der Waals surface area (Å²) in [6.07, 6.45) is -0.958. The average molecular weight is 291 g/mol. The number of carbonyl (C=O) groups is 1. The van der Waals surface area contributed by atoms with Crippen molar-refractivity contribution in [2.24, 2.45) is 0 Å². The lowest BCUT2D eigenvalue weighted by molar-refractivity contribution is 0.211. The van der Waals surface area contributed by atoms with Crippen molar-refractivity contribution in [3.63, 3.8) is 0 Å². The van der Waals surface area contributed by atoms with Gasteiger partial charge in [0.25, 0.3) is 0 Å². The molecule has 0 spiro atoms. The van der Waals surface area contributed by atoms with Gasteiger partial charge in [0.05, 0.1) is 0 Å². The third-order valence-corrected chi connectivity index (χ3v) is 3.84. The van der Waals surface area contributed by atoms with Gasteiger partial charge in [-0.2, -0.15) is 8.42 Å². The highest BCUT2D eigenvalue weighted by Crippen LogP contribution is 2.16. The summed E-state index contributed by atoms with van der Waals surface area (Å²) < 4.78 is 28.4. The minimum absolute atomic E-state index is 0.0604. The number of hydrogen-bond donors (Lipinski definition) is 0. The van der Waals surface area contributed by atoms with Crippen LogP contribution in [0.2, 0.25) is 0 Å². The number of nitrogens with zero attached hydrogens (tertiary/aromatic N) is 1. The Labute approximate surface area is 117 Å². The van der Waals surface area contributed by atoms with Gasteiger partial charge in [0, 0.05) is 12.7 Å². The normalized spacial score (nSPS) is 10.8. The molecule has 2 aromatic rings. The number of carbonyl (C=O) groups excluding carboxylic acids is 1. The first kappa shape index (κ1) is 14.1. The van der Waals surface area contributed by atoms with Gasteiger partial charge < -0.3 is 4.18 Å². The van der Waals surface area contributed by atoms with E-state index in [1.807, 2.05) is 0 Å². The highest BCUT2D eigenvalue weighted by atomic mass is 32.2. The summed E-state index contributed by atoms with van der Waals surface area (Å²) in [7, 11) is -2.66. The van der Waals surface area contributed by atoms with Gasteiger partial charge in [0.15, 0.2) is 0 Å². The second-order valence-corrected chi connectivity index (χ2v) is 5.56. The van der Waals surface area contributed by atoms with Gasteiger partial charge in [-0.3, -0.25) is 4.90 Å². The highest BCUT2D eigenvalue weighted by Gasteiger charge is 2.23. The number of rotatable bonds is 3. The average Bonchev–Trinajstić information content (AvgIpc) is 2.48. The number of anilines is 1. The lowest BCUT2D eigenvalue weighted by atomic mass is 10.3. The van der Waals surface area contributed by atoms with Gasteiger partial charge in [-0.05, 0) is 24.3 Å². The molecule has 0 aliphatic heterocycles. The second kappa shape index (κ2) is 5.75. The van der Waals surface area contributed by atoms with Crippen LogP contribution in [-0.4, -0.2) is 21.6 Å². The van der Waals surface area contributed by atoms with E-state index in [0.717, 1.165) is 4.90 Å². The molecule has 0 heterocycles. The maximum absolute atomic E-state index is 11.9. The van der Waals surface area contributed by atoms with Crippen LogP contribution in [0.1, 0.15) is 0 Å². The minimum Gasteiger partial charge on any atom is -0.324 e. The molecule has 1 amide bonds. The Kier molecular flexibility index (Phi) is 4.05. The van der Waals surface area contributed by atoms with Crippen molar-refractivity contribution in [2.45, 2.75) is 4.90 Å². The Balaban J connectivity index is 2.16. The van der Waals surface area contributed by atoms with Crippen LogP contribution in [0.15, 0.2) is 65.6 Å². The van der Waals surface area contributed by atoms with Gasteiger partial charge in [0.1, 0.15) is 4.90 Å². The van der Waals surface area contributed by atoms with E-state index in [0.29, 0.717) is 5.69 Å². The number of para-hydroxylation sites is 1. The molecule has 0 aliphatic carbocycles. The molecule has 2 aromatic carbocycles. The maximum atomic E-state index is 11.9. The lowest BCUT2D eigenvalue weighted by Gasteiger charge is -2.16. The smallest absolute Gasteiger partial charge is 0.324 e. The van der Waals surface area contributed by atoms with E-state index >= 15 is 0 Å². The molecule has 20 heavy (non-hydrogen) atoms. The zero-order valence-corrected chi connectivity index (χ0v) is 11.6. The summed E-state index contributed by atoms with van der Waals surface area (Å²) >= 11 is 0. The Morgan fingerprint density at radius 3 is 2.00 bits per heavy atom. The zero-order chi connectivity index (χ0) is 14.6. The third kappa shape index (κ3) is 3.16. The van der Waals surface area contributed by atoms with Crippen LogP contribution in [0.5, 0.6) is 0 Å². The molecule has 0 radical (unpaired) electrons.